The van der Waals surface area contributed by atoms with Crippen LogP contribution in [0.3, 0.4) is 0 Å². The molecule has 1 saturated heterocycles. The minimum Gasteiger partial charge on any atom is -0.460 e. The number of hydrogen-bond acceptors (Lipinski definition) is 2. The molecule has 2 nitrogen and oxygen atoms in total. The van der Waals surface area contributed by atoms with Gasteiger partial charge >= 0.3 is 5.97 Å². The molecule has 0 aromatic heterocycles. The molecule has 0 amide bonds. The van der Waals surface area contributed by atoms with Gasteiger partial charge in [0.05, 0.1) is 0 Å². The monoisotopic (exact) mass is 178 g/mol. The fraction of sp³-hybridized carbons (Fsp3) is 0.545. The Morgan fingerprint density at radius 2 is 2.38 bits per heavy atom. The zero-order chi connectivity index (χ0) is 9.42. The molecular weight excluding hydrogens is 164 g/mol. The van der Waals surface area contributed by atoms with E-state index >= 15 is 0 Å². The second-order valence-electron chi connectivity index (χ2n) is 3.74. The third-order valence-corrected chi connectivity index (χ3v) is 2.90. The summed E-state index contributed by atoms with van der Waals surface area (Å²) in [5.41, 5.74) is 2.64. The van der Waals surface area contributed by atoms with Crippen molar-refractivity contribution in [2.75, 3.05) is 0 Å². The Balaban J connectivity index is 2.14. The number of allylic oxidation sites excluding steroid dienone is 2. The van der Waals surface area contributed by atoms with Crippen molar-refractivity contribution in [3.05, 3.63) is 23.3 Å². The minimum absolute atomic E-state index is 0.0265. The number of rotatable bonds is 2. The lowest BCUT2D eigenvalue weighted by Crippen LogP contribution is -2.42. The lowest BCUT2D eigenvalue weighted by atomic mass is 9.92. The lowest BCUT2D eigenvalue weighted by Gasteiger charge is -2.31. The van der Waals surface area contributed by atoms with Crippen LogP contribution >= 0.6 is 0 Å². The van der Waals surface area contributed by atoms with Crippen molar-refractivity contribution < 1.29 is 9.53 Å². The minimum atomic E-state index is -0.0265. The Hall–Kier alpha value is -1.05. The molecule has 1 fully saturated rings. The van der Waals surface area contributed by atoms with Crippen molar-refractivity contribution in [2.24, 2.45) is 5.92 Å². The van der Waals surface area contributed by atoms with E-state index in [1.165, 1.54) is 11.1 Å². The molecule has 2 rings (SSSR count). The predicted octanol–water partition coefficient (Wildman–Crippen LogP) is 2.21. The first-order valence-electron chi connectivity index (χ1n) is 4.74. The molecule has 0 spiro atoms. The number of carbonyl (C=O) groups excluding carboxylic acids is 1. The van der Waals surface area contributed by atoms with Crippen molar-refractivity contribution >= 4 is 5.97 Å². The Morgan fingerprint density at radius 3 is 3.00 bits per heavy atom. The summed E-state index contributed by atoms with van der Waals surface area (Å²) in [7, 11) is 0. The van der Waals surface area contributed by atoms with Crippen LogP contribution < -0.4 is 0 Å². The van der Waals surface area contributed by atoms with E-state index in [4.69, 9.17) is 4.74 Å². The van der Waals surface area contributed by atoms with Crippen LogP contribution in [0.15, 0.2) is 23.3 Å². The van der Waals surface area contributed by atoms with Crippen molar-refractivity contribution in [2.45, 2.75) is 32.8 Å². The van der Waals surface area contributed by atoms with Crippen LogP contribution in [0.4, 0.5) is 0 Å². The van der Waals surface area contributed by atoms with E-state index in [1.807, 2.05) is 13.0 Å². The van der Waals surface area contributed by atoms with Gasteiger partial charge in [-0.1, -0.05) is 17.7 Å². The SMILES string of the molecule is C/C=C/CC1=C(C)C[C@H]2OC(=O)[C@H]12. The highest BCUT2D eigenvalue weighted by Gasteiger charge is 2.48. The molecule has 13 heavy (non-hydrogen) atoms. The Morgan fingerprint density at radius 1 is 1.62 bits per heavy atom. The number of fused-ring (bicyclic) bond motifs is 1. The highest BCUT2D eigenvalue weighted by molar-refractivity contribution is 5.83. The normalized spacial score (nSPS) is 32.0. The van der Waals surface area contributed by atoms with Crippen molar-refractivity contribution in [1.82, 2.24) is 0 Å². The standard InChI is InChI=1S/C11H14O2/c1-3-4-5-8-7(2)6-9-10(8)11(12)13-9/h3-4,9-10H,5-6H2,1-2H3/b4-3+/t9-,10-/m1/s1. The molecule has 0 N–H and O–H groups in total. The summed E-state index contributed by atoms with van der Waals surface area (Å²) < 4.78 is 5.04. The fourth-order valence-corrected chi connectivity index (χ4v) is 2.14. The highest BCUT2D eigenvalue weighted by Crippen LogP contribution is 2.43. The topological polar surface area (TPSA) is 26.3 Å². The molecule has 0 unspecified atom stereocenters. The van der Waals surface area contributed by atoms with Crippen molar-refractivity contribution in [1.29, 1.82) is 0 Å². The molecule has 2 aliphatic rings. The van der Waals surface area contributed by atoms with Gasteiger partial charge in [0.2, 0.25) is 0 Å². The van der Waals surface area contributed by atoms with Crippen LogP contribution in [0.2, 0.25) is 0 Å². The summed E-state index contributed by atoms with van der Waals surface area (Å²) in [4.78, 5) is 11.2. The number of ether oxygens (including phenoxy) is 1. The molecule has 0 radical (unpaired) electrons. The molecule has 0 aromatic rings. The number of esters is 1. The molecule has 1 heterocycles. The van der Waals surface area contributed by atoms with Gasteiger partial charge in [0.1, 0.15) is 12.0 Å². The van der Waals surface area contributed by atoms with E-state index in [2.05, 4.69) is 13.0 Å². The lowest BCUT2D eigenvalue weighted by molar-refractivity contribution is -0.177. The fourth-order valence-electron chi connectivity index (χ4n) is 2.14. The van der Waals surface area contributed by atoms with Crippen LogP contribution in [0.1, 0.15) is 26.7 Å². The molecule has 70 valence electrons. The summed E-state index contributed by atoms with van der Waals surface area (Å²) in [5, 5.41) is 0. The largest absolute Gasteiger partial charge is 0.460 e. The van der Waals surface area contributed by atoms with E-state index in [0.29, 0.717) is 0 Å². The first kappa shape index (κ1) is 8.54. The smallest absolute Gasteiger partial charge is 0.317 e. The van der Waals surface area contributed by atoms with Crippen LogP contribution in [-0.2, 0) is 9.53 Å². The Labute approximate surface area is 78.3 Å². The van der Waals surface area contributed by atoms with E-state index in [0.717, 1.165) is 12.8 Å². The average molecular weight is 178 g/mol. The van der Waals surface area contributed by atoms with E-state index in [9.17, 15) is 4.79 Å². The summed E-state index contributed by atoms with van der Waals surface area (Å²) in [6.45, 7) is 4.11. The molecule has 2 atom stereocenters. The van der Waals surface area contributed by atoms with Gasteiger partial charge in [-0.15, -0.1) is 0 Å². The first-order chi connectivity index (χ1) is 6.24. The second-order valence-corrected chi connectivity index (χ2v) is 3.74. The number of carbonyl (C=O) groups is 1. The van der Waals surface area contributed by atoms with Crippen molar-refractivity contribution in [3.8, 4) is 0 Å². The van der Waals surface area contributed by atoms with Gasteiger partial charge in [-0.25, -0.2) is 0 Å². The van der Waals surface area contributed by atoms with E-state index in [1.54, 1.807) is 0 Å². The second kappa shape index (κ2) is 3.02. The maximum atomic E-state index is 11.2. The van der Waals surface area contributed by atoms with Crippen LogP contribution in [0.5, 0.6) is 0 Å². The zero-order valence-corrected chi connectivity index (χ0v) is 8.04. The third kappa shape index (κ3) is 1.21. The quantitative estimate of drug-likeness (QED) is 0.478. The summed E-state index contributed by atoms with van der Waals surface area (Å²) in [6, 6.07) is 0. The third-order valence-electron chi connectivity index (χ3n) is 2.90. The van der Waals surface area contributed by atoms with Gasteiger partial charge in [-0.3, -0.25) is 4.79 Å². The van der Waals surface area contributed by atoms with Gasteiger partial charge in [0.25, 0.3) is 0 Å². The Kier molecular flexibility index (Phi) is 1.98. The van der Waals surface area contributed by atoms with Gasteiger partial charge in [-0.05, 0) is 25.8 Å². The summed E-state index contributed by atoms with van der Waals surface area (Å²) >= 11 is 0. The number of hydrogen-bond donors (Lipinski definition) is 0. The summed E-state index contributed by atoms with van der Waals surface area (Å²) in [6.07, 6.45) is 6.17. The van der Waals surface area contributed by atoms with Crippen LogP contribution in [-0.4, -0.2) is 12.1 Å². The maximum absolute atomic E-state index is 11.2. The van der Waals surface area contributed by atoms with E-state index < -0.39 is 0 Å². The summed E-state index contributed by atoms with van der Waals surface area (Å²) in [5.74, 6) is 0.0672. The molecular formula is C11H14O2. The van der Waals surface area contributed by atoms with Crippen LogP contribution in [0.25, 0.3) is 0 Å². The molecule has 0 aromatic carbocycles. The van der Waals surface area contributed by atoms with E-state index in [-0.39, 0.29) is 18.0 Å². The first-order valence-corrected chi connectivity index (χ1v) is 4.74. The van der Waals surface area contributed by atoms with Crippen molar-refractivity contribution in [3.63, 3.8) is 0 Å². The van der Waals surface area contributed by atoms with Crippen LogP contribution in [0, 0.1) is 5.92 Å². The highest BCUT2D eigenvalue weighted by atomic mass is 16.6. The molecule has 2 heteroatoms. The van der Waals surface area contributed by atoms with Gasteiger partial charge in [-0.2, -0.15) is 0 Å². The predicted molar refractivity (Wildman–Crippen MR) is 50.1 cm³/mol. The zero-order valence-electron chi connectivity index (χ0n) is 8.04. The average Bonchev–Trinajstić information content (AvgIpc) is 2.34. The van der Waals surface area contributed by atoms with Gasteiger partial charge < -0.3 is 4.74 Å². The molecule has 0 bridgehead atoms. The maximum Gasteiger partial charge on any atom is 0.317 e. The molecule has 1 aliphatic heterocycles. The van der Waals surface area contributed by atoms with Gasteiger partial charge in [0.15, 0.2) is 0 Å². The molecule has 1 aliphatic carbocycles. The molecule has 0 saturated carbocycles. The Bertz CT molecular complexity index is 299. The van der Waals surface area contributed by atoms with Gasteiger partial charge in [0, 0.05) is 6.42 Å².